The zero-order valence-corrected chi connectivity index (χ0v) is 8.31. The number of carbonyl (C=O) groups excluding carboxylic acids is 3. The van der Waals surface area contributed by atoms with E-state index in [1.54, 1.807) is 6.92 Å². The summed E-state index contributed by atoms with van der Waals surface area (Å²) in [6.07, 6.45) is -0.639. The highest BCUT2D eigenvalue weighted by Crippen LogP contribution is 2.19. The fraction of sp³-hybridized carbons (Fsp3) is 0.625. The molecular formula is C8H12N2O4. The molecule has 1 unspecified atom stereocenters. The number of carbonyl (C=O) groups is 3. The average Bonchev–Trinajstić information content (AvgIpc) is 2.32. The zero-order valence-electron chi connectivity index (χ0n) is 8.31. The van der Waals surface area contributed by atoms with Crippen LogP contribution in [-0.2, 0) is 14.4 Å². The molecule has 0 spiro atoms. The minimum Gasteiger partial charge on any atom is -0.312 e. The summed E-state index contributed by atoms with van der Waals surface area (Å²) in [6, 6.07) is 0. The summed E-state index contributed by atoms with van der Waals surface area (Å²) in [6.45, 7) is 1.61. The normalized spacial score (nSPS) is 21.4. The van der Waals surface area contributed by atoms with Gasteiger partial charge < -0.3 is 9.74 Å². The van der Waals surface area contributed by atoms with Crippen molar-refractivity contribution in [3.8, 4) is 0 Å². The lowest BCUT2D eigenvalue weighted by Gasteiger charge is -2.16. The number of rotatable bonds is 1. The van der Waals surface area contributed by atoms with E-state index >= 15 is 0 Å². The van der Waals surface area contributed by atoms with E-state index in [1.807, 2.05) is 0 Å². The molecule has 3 amide bonds. The van der Waals surface area contributed by atoms with Crippen LogP contribution in [0.1, 0.15) is 13.3 Å². The fourth-order valence-corrected chi connectivity index (χ4v) is 1.01. The Bertz CT molecular complexity index is 287. The van der Waals surface area contributed by atoms with E-state index in [0.29, 0.717) is 5.06 Å². The van der Waals surface area contributed by atoms with Crippen LogP contribution in [0.15, 0.2) is 0 Å². The van der Waals surface area contributed by atoms with Crippen LogP contribution in [0.25, 0.3) is 0 Å². The molecule has 1 fully saturated rings. The van der Waals surface area contributed by atoms with Crippen LogP contribution in [0.2, 0.25) is 0 Å². The lowest BCUT2D eigenvalue weighted by atomic mass is 10.1. The number of hydrogen-bond donors (Lipinski definition) is 0. The summed E-state index contributed by atoms with van der Waals surface area (Å²) in [7, 11) is 2.94. The van der Waals surface area contributed by atoms with E-state index in [2.05, 4.69) is 4.84 Å². The lowest BCUT2D eigenvalue weighted by Crippen LogP contribution is -2.37. The molecule has 0 N–H and O–H groups in total. The van der Waals surface area contributed by atoms with E-state index in [9.17, 15) is 14.4 Å². The molecule has 0 bridgehead atoms. The Labute approximate surface area is 81.4 Å². The Morgan fingerprint density at radius 2 is 2.07 bits per heavy atom. The summed E-state index contributed by atoms with van der Waals surface area (Å²) >= 11 is 0. The van der Waals surface area contributed by atoms with Gasteiger partial charge in [-0.05, 0) is 0 Å². The van der Waals surface area contributed by atoms with Crippen LogP contribution in [0.3, 0.4) is 0 Å². The summed E-state index contributed by atoms with van der Waals surface area (Å²) in [4.78, 5) is 39.2. The maximum atomic E-state index is 11.3. The Kier molecular flexibility index (Phi) is 2.73. The third-order valence-corrected chi connectivity index (χ3v) is 1.86. The third kappa shape index (κ3) is 1.84. The zero-order chi connectivity index (χ0) is 10.9. The molecule has 14 heavy (non-hydrogen) atoms. The molecule has 0 saturated carbocycles. The van der Waals surface area contributed by atoms with Gasteiger partial charge in [0.25, 0.3) is 11.8 Å². The van der Waals surface area contributed by atoms with Gasteiger partial charge in [0, 0.05) is 26.4 Å². The first-order chi connectivity index (χ1) is 6.43. The molecule has 0 aromatic heterocycles. The van der Waals surface area contributed by atoms with Crippen molar-refractivity contribution in [1.82, 2.24) is 9.96 Å². The van der Waals surface area contributed by atoms with Crippen LogP contribution in [0, 0.1) is 5.92 Å². The molecule has 6 heteroatoms. The summed E-state index contributed by atoms with van der Waals surface area (Å²) in [5, 5.41) is 0.535. The van der Waals surface area contributed by atoms with Gasteiger partial charge in [0.2, 0.25) is 0 Å². The first-order valence-corrected chi connectivity index (χ1v) is 4.19. The Balaban J connectivity index is 2.65. The molecule has 0 aliphatic carbocycles. The van der Waals surface area contributed by atoms with Crippen LogP contribution in [0.4, 0.5) is 4.79 Å². The molecular weight excluding hydrogens is 188 g/mol. The highest BCUT2D eigenvalue weighted by molar-refractivity contribution is 6.02. The van der Waals surface area contributed by atoms with E-state index in [4.69, 9.17) is 0 Å². The summed E-state index contributed by atoms with van der Waals surface area (Å²) in [5.74, 6) is -1.35. The van der Waals surface area contributed by atoms with Gasteiger partial charge in [-0.3, -0.25) is 9.59 Å². The van der Waals surface area contributed by atoms with Gasteiger partial charge in [-0.2, -0.15) is 0 Å². The van der Waals surface area contributed by atoms with Crippen molar-refractivity contribution in [3.63, 3.8) is 0 Å². The van der Waals surface area contributed by atoms with Gasteiger partial charge in [-0.15, -0.1) is 5.06 Å². The Morgan fingerprint density at radius 1 is 1.50 bits per heavy atom. The van der Waals surface area contributed by atoms with E-state index in [-0.39, 0.29) is 6.42 Å². The van der Waals surface area contributed by atoms with Gasteiger partial charge in [0.15, 0.2) is 0 Å². The van der Waals surface area contributed by atoms with Crippen molar-refractivity contribution in [2.45, 2.75) is 13.3 Å². The highest BCUT2D eigenvalue weighted by atomic mass is 16.7. The van der Waals surface area contributed by atoms with Gasteiger partial charge in [-0.1, -0.05) is 6.92 Å². The van der Waals surface area contributed by atoms with Crippen LogP contribution in [-0.4, -0.2) is 42.0 Å². The number of amides is 3. The molecule has 1 aliphatic heterocycles. The second-order valence-electron chi connectivity index (χ2n) is 3.38. The molecule has 1 atom stereocenters. The van der Waals surface area contributed by atoms with Gasteiger partial charge in [-0.25, -0.2) is 4.79 Å². The second kappa shape index (κ2) is 3.65. The predicted molar refractivity (Wildman–Crippen MR) is 45.8 cm³/mol. The van der Waals surface area contributed by atoms with Gasteiger partial charge in [0.1, 0.15) is 0 Å². The van der Waals surface area contributed by atoms with E-state index in [1.165, 1.54) is 14.1 Å². The van der Waals surface area contributed by atoms with E-state index < -0.39 is 23.8 Å². The van der Waals surface area contributed by atoms with Crippen molar-refractivity contribution >= 4 is 17.9 Å². The molecule has 1 aliphatic rings. The predicted octanol–water partition coefficient (Wildman–Crippen LogP) is -0.00540. The molecule has 78 valence electrons. The minimum atomic E-state index is -0.735. The molecule has 6 nitrogen and oxygen atoms in total. The molecule has 0 radical (unpaired) electrons. The Morgan fingerprint density at radius 3 is 2.43 bits per heavy atom. The smallest absolute Gasteiger partial charge is 0.312 e. The standard InChI is InChI=1S/C8H12N2O4/c1-5-4-6(11)10(7(5)12)14-8(13)9(2)3/h5H,4H2,1-3H3. The van der Waals surface area contributed by atoms with E-state index in [0.717, 1.165) is 4.90 Å². The van der Waals surface area contributed by atoms with Crippen molar-refractivity contribution in [1.29, 1.82) is 0 Å². The maximum Gasteiger partial charge on any atom is 0.434 e. The van der Waals surface area contributed by atoms with Crippen molar-refractivity contribution in [2.75, 3.05) is 14.1 Å². The molecule has 1 rings (SSSR count). The number of nitrogens with zero attached hydrogens (tertiary/aromatic N) is 2. The van der Waals surface area contributed by atoms with Crippen molar-refractivity contribution < 1.29 is 19.2 Å². The van der Waals surface area contributed by atoms with Crippen LogP contribution >= 0.6 is 0 Å². The summed E-state index contributed by atoms with van der Waals surface area (Å²) < 4.78 is 0. The number of imide groups is 1. The maximum absolute atomic E-state index is 11.3. The largest absolute Gasteiger partial charge is 0.434 e. The van der Waals surface area contributed by atoms with Crippen molar-refractivity contribution in [3.05, 3.63) is 0 Å². The molecule has 0 aromatic rings. The first kappa shape index (κ1) is 10.5. The third-order valence-electron chi connectivity index (χ3n) is 1.86. The molecule has 1 heterocycles. The first-order valence-electron chi connectivity index (χ1n) is 4.19. The van der Waals surface area contributed by atoms with Crippen LogP contribution in [0.5, 0.6) is 0 Å². The second-order valence-corrected chi connectivity index (χ2v) is 3.38. The SMILES string of the molecule is CC1CC(=O)N(OC(=O)N(C)C)C1=O. The lowest BCUT2D eigenvalue weighted by molar-refractivity contribution is -0.174. The van der Waals surface area contributed by atoms with Crippen molar-refractivity contribution in [2.24, 2.45) is 5.92 Å². The topological polar surface area (TPSA) is 66.9 Å². The number of hydrogen-bond acceptors (Lipinski definition) is 4. The molecule has 1 saturated heterocycles. The highest BCUT2D eigenvalue weighted by Gasteiger charge is 2.39. The minimum absolute atomic E-state index is 0.0968. The quantitative estimate of drug-likeness (QED) is 0.558. The number of hydroxylamine groups is 2. The molecule has 0 aromatic carbocycles. The summed E-state index contributed by atoms with van der Waals surface area (Å²) in [5.41, 5.74) is 0. The van der Waals surface area contributed by atoms with Gasteiger partial charge in [0.05, 0.1) is 0 Å². The monoisotopic (exact) mass is 200 g/mol. The van der Waals surface area contributed by atoms with Crippen LogP contribution < -0.4 is 0 Å². The van der Waals surface area contributed by atoms with Gasteiger partial charge >= 0.3 is 6.09 Å². The fourth-order valence-electron chi connectivity index (χ4n) is 1.01. The average molecular weight is 200 g/mol. The Hall–Kier alpha value is -1.59.